The number of hydrogen-bond acceptors (Lipinski definition) is 2. The van der Waals surface area contributed by atoms with E-state index in [1.54, 1.807) is 36.9 Å². The Morgan fingerprint density at radius 2 is 1.89 bits per heavy atom. The van der Waals surface area contributed by atoms with Crippen molar-refractivity contribution in [2.45, 2.75) is 25.8 Å². The first-order valence-corrected chi connectivity index (χ1v) is 6.65. The molecule has 1 saturated heterocycles. The molecule has 102 valence electrons. The fourth-order valence-electron chi connectivity index (χ4n) is 2.02. The molecule has 2 rings (SSSR count). The Balaban J connectivity index is 2.39. The summed E-state index contributed by atoms with van der Waals surface area (Å²) in [4.78, 5) is 25.6. The second-order valence-electron chi connectivity index (χ2n) is 4.98. The van der Waals surface area contributed by atoms with Gasteiger partial charge in [0, 0.05) is 18.7 Å². The van der Waals surface area contributed by atoms with Crippen LogP contribution in [0.2, 0.25) is 10.0 Å². The first kappa shape index (κ1) is 14.2. The number of benzene rings is 1. The van der Waals surface area contributed by atoms with Gasteiger partial charge in [0.05, 0.1) is 10.0 Å². The van der Waals surface area contributed by atoms with E-state index in [9.17, 15) is 9.59 Å². The van der Waals surface area contributed by atoms with Gasteiger partial charge in [0.2, 0.25) is 5.91 Å². The Labute approximate surface area is 121 Å². The van der Waals surface area contributed by atoms with Gasteiger partial charge in [-0.3, -0.25) is 9.59 Å². The second kappa shape index (κ2) is 5.02. The van der Waals surface area contributed by atoms with E-state index in [0.29, 0.717) is 22.3 Å². The number of halogens is 2. The quantitative estimate of drug-likeness (QED) is 0.867. The molecule has 4 nitrogen and oxygen atoms in total. The summed E-state index contributed by atoms with van der Waals surface area (Å²) in [5.41, 5.74) is -0.288. The highest BCUT2D eigenvalue weighted by molar-refractivity contribution is 6.42. The molecule has 0 saturated carbocycles. The van der Waals surface area contributed by atoms with E-state index < -0.39 is 5.54 Å². The maximum atomic E-state index is 12.4. The van der Waals surface area contributed by atoms with Crippen LogP contribution in [0.1, 0.15) is 20.3 Å². The van der Waals surface area contributed by atoms with Crippen molar-refractivity contribution in [1.82, 2.24) is 5.32 Å². The van der Waals surface area contributed by atoms with Gasteiger partial charge in [0.15, 0.2) is 0 Å². The fraction of sp³-hybridized carbons (Fsp3) is 0.385. The molecule has 19 heavy (non-hydrogen) atoms. The molecule has 0 radical (unpaired) electrons. The van der Waals surface area contributed by atoms with Gasteiger partial charge in [-0.1, -0.05) is 23.2 Å². The summed E-state index contributed by atoms with van der Waals surface area (Å²) < 4.78 is 0. The van der Waals surface area contributed by atoms with Gasteiger partial charge in [-0.15, -0.1) is 0 Å². The van der Waals surface area contributed by atoms with Crippen molar-refractivity contribution in [3.8, 4) is 0 Å². The standard InChI is InChI=1S/C13H14Cl2N2O2/c1-13(2)12(19)17(6-5-11(18)16-13)8-3-4-9(14)10(15)7-8/h3-4,7H,5-6H2,1-2H3,(H,16,18). The van der Waals surface area contributed by atoms with Crippen molar-refractivity contribution in [3.05, 3.63) is 28.2 Å². The van der Waals surface area contributed by atoms with Gasteiger partial charge in [0.25, 0.3) is 5.91 Å². The van der Waals surface area contributed by atoms with Crippen LogP contribution in [0.25, 0.3) is 0 Å². The molecule has 0 atom stereocenters. The topological polar surface area (TPSA) is 49.4 Å². The highest BCUT2D eigenvalue weighted by atomic mass is 35.5. The number of carbonyl (C=O) groups excluding carboxylic acids is 2. The van der Waals surface area contributed by atoms with Crippen LogP contribution < -0.4 is 10.2 Å². The van der Waals surface area contributed by atoms with E-state index in [0.717, 1.165) is 0 Å². The second-order valence-corrected chi connectivity index (χ2v) is 5.79. The zero-order valence-corrected chi connectivity index (χ0v) is 12.2. The molecule has 0 aliphatic carbocycles. The van der Waals surface area contributed by atoms with Crippen LogP contribution in [0.4, 0.5) is 5.69 Å². The summed E-state index contributed by atoms with van der Waals surface area (Å²) in [6, 6.07) is 4.99. The minimum atomic E-state index is -0.931. The molecule has 1 aromatic rings. The van der Waals surface area contributed by atoms with Gasteiger partial charge in [-0.05, 0) is 32.0 Å². The lowest BCUT2D eigenvalue weighted by atomic mass is 10.0. The third kappa shape index (κ3) is 2.85. The number of hydrogen-bond donors (Lipinski definition) is 1. The predicted molar refractivity (Wildman–Crippen MR) is 75.7 cm³/mol. The Kier molecular flexibility index (Phi) is 3.74. The summed E-state index contributed by atoms with van der Waals surface area (Å²) in [5, 5.41) is 3.52. The number of rotatable bonds is 1. The van der Waals surface area contributed by atoms with Crippen molar-refractivity contribution in [1.29, 1.82) is 0 Å². The largest absolute Gasteiger partial charge is 0.342 e. The van der Waals surface area contributed by atoms with Crippen LogP contribution in [-0.4, -0.2) is 23.9 Å². The molecule has 0 unspecified atom stereocenters. The molecule has 6 heteroatoms. The van der Waals surface area contributed by atoms with Crippen molar-refractivity contribution < 1.29 is 9.59 Å². The number of anilines is 1. The molecule has 1 fully saturated rings. The van der Waals surface area contributed by atoms with E-state index in [-0.39, 0.29) is 18.2 Å². The van der Waals surface area contributed by atoms with Crippen LogP contribution in [0, 0.1) is 0 Å². The van der Waals surface area contributed by atoms with Crippen LogP contribution >= 0.6 is 23.2 Å². The Morgan fingerprint density at radius 1 is 1.21 bits per heavy atom. The Morgan fingerprint density at radius 3 is 2.53 bits per heavy atom. The monoisotopic (exact) mass is 300 g/mol. The van der Waals surface area contributed by atoms with Crippen LogP contribution in [0.5, 0.6) is 0 Å². The number of carbonyl (C=O) groups is 2. The normalized spacial score (nSPS) is 19.1. The van der Waals surface area contributed by atoms with Crippen molar-refractivity contribution in [2.75, 3.05) is 11.4 Å². The molecule has 0 aromatic heterocycles. The first-order valence-electron chi connectivity index (χ1n) is 5.89. The Hall–Kier alpha value is -1.26. The third-order valence-electron chi connectivity index (χ3n) is 3.01. The number of nitrogens with zero attached hydrogens (tertiary/aromatic N) is 1. The third-order valence-corrected chi connectivity index (χ3v) is 3.75. The predicted octanol–water partition coefficient (Wildman–Crippen LogP) is 2.62. The van der Waals surface area contributed by atoms with E-state index in [1.165, 1.54) is 0 Å². The molecule has 2 amide bonds. The average Bonchev–Trinajstić information content (AvgIpc) is 2.41. The summed E-state index contributed by atoms with van der Waals surface area (Å²) in [7, 11) is 0. The first-order chi connectivity index (χ1) is 8.81. The number of amides is 2. The zero-order valence-electron chi connectivity index (χ0n) is 10.7. The highest BCUT2D eigenvalue weighted by Gasteiger charge is 2.37. The molecule has 1 N–H and O–H groups in total. The zero-order chi connectivity index (χ0) is 14.2. The fourth-order valence-corrected chi connectivity index (χ4v) is 2.31. The molecule has 0 bridgehead atoms. The molecule has 1 heterocycles. The lowest BCUT2D eigenvalue weighted by molar-refractivity contribution is -0.128. The maximum absolute atomic E-state index is 12.4. The minimum absolute atomic E-state index is 0.138. The van der Waals surface area contributed by atoms with Crippen molar-refractivity contribution in [2.24, 2.45) is 0 Å². The van der Waals surface area contributed by atoms with E-state index >= 15 is 0 Å². The van der Waals surface area contributed by atoms with Gasteiger partial charge in [-0.25, -0.2) is 0 Å². The van der Waals surface area contributed by atoms with Gasteiger partial charge in [0.1, 0.15) is 5.54 Å². The molecule has 1 aliphatic rings. The van der Waals surface area contributed by atoms with Gasteiger partial charge < -0.3 is 10.2 Å². The summed E-state index contributed by atoms with van der Waals surface area (Å²) in [6.07, 6.45) is 0.259. The van der Waals surface area contributed by atoms with E-state index in [2.05, 4.69) is 5.32 Å². The molecular weight excluding hydrogens is 287 g/mol. The lowest BCUT2D eigenvalue weighted by Crippen LogP contribution is -2.53. The SMILES string of the molecule is CC1(C)NC(=O)CCN(c2ccc(Cl)c(Cl)c2)C1=O. The molecule has 1 aliphatic heterocycles. The summed E-state index contributed by atoms with van der Waals surface area (Å²) >= 11 is 11.8. The van der Waals surface area contributed by atoms with E-state index in [4.69, 9.17) is 23.2 Å². The van der Waals surface area contributed by atoms with Crippen molar-refractivity contribution >= 4 is 40.7 Å². The van der Waals surface area contributed by atoms with Crippen LogP contribution in [0.15, 0.2) is 18.2 Å². The average molecular weight is 301 g/mol. The van der Waals surface area contributed by atoms with Crippen LogP contribution in [0.3, 0.4) is 0 Å². The molecular formula is C13H14Cl2N2O2. The van der Waals surface area contributed by atoms with Gasteiger partial charge in [-0.2, -0.15) is 0 Å². The van der Waals surface area contributed by atoms with Gasteiger partial charge >= 0.3 is 0 Å². The molecule has 1 aromatic carbocycles. The summed E-state index contributed by atoms with van der Waals surface area (Å²) in [6.45, 7) is 3.69. The Bertz CT molecular complexity index is 543. The molecule has 0 spiro atoms. The smallest absolute Gasteiger partial charge is 0.252 e. The number of nitrogens with one attached hydrogen (secondary N) is 1. The summed E-state index contributed by atoms with van der Waals surface area (Å²) in [5.74, 6) is -0.308. The minimum Gasteiger partial charge on any atom is -0.342 e. The van der Waals surface area contributed by atoms with Crippen molar-refractivity contribution in [3.63, 3.8) is 0 Å². The van der Waals surface area contributed by atoms with E-state index in [1.807, 2.05) is 0 Å². The van der Waals surface area contributed by atoms with Crippen LogP contribution in [-0.2, 0) is 9.59 Å². The lowest BCUT2D eigenvalue weighted by Gasteiger charge is -2.29. The highest BCUT2D eigenvalue weighted by Crippen LogP contribution is 2.29. The maximum Gasteiger partial charge on any atom is 0.252 e.